The van der Waals surface area contributed by atoms with Gasteiger partial charge in [-0.15, -0.1) is 0 Å². The fourth-order valence-electron chi connectivity index (χ4n) is 3.78. The number of carbonyl (C=O) groups is 2. The Morgan fingerprint density at radius 1 is 1.22 bits per heavy atom. The average Bonchev–Trinajstić information content (AvgIpc) is 3.56. The maximum atomic E-state index is 13.4. The second kappa shape index (κ2) is 9.34. The van der Waals surface area contributed by atoms with Gasteiger partial charge in [-0.1, -0.05) is 11.6 Å². The minimum absolute atomic E-state index is 0.00305. The van der Waals surface area contributed by atoms with Gasteiger partial charge >= 0.3 is 0 Å². The molecule has 1 saturated carbocycles. The summed E-state index contributed by atoms with van der Waals surface area (Å²) in [7, 11) is 1.53. The number of amides is 2. The first-order chi connectivity index (χ1) is 15.4. The van der Waals surface area contributed by atoms with Gasteiger partial charge in [0.25, 0.3) is 5.91 Å². The van der Waals surface area contributed by atoms with Gasteiger partial charge in [0.15, 0.2) is 5.11 Å². The molecule has 2 aliphatic rings. The van der Waals surface area contributed by atoms with Crippen LogP contribution < -0.4 is 19.7 Å². The maximum Gasteiger partial charge on any atom is 0.256 e. The van der Waals surface area contributed by atoms with Crippen molar-refractivity contribution in [3.05, 3.63) is 47.5 Å². The molecular weight excluding hydrogens is 450 g/mol. The normalized spacial score (nSPS) is 18.2. The van der Waals surface area contributed by atoms with Crippen LogP contribution in [0.3, 0.4) is 0 Å². The van der Waals surface area contributed by atoms with Crippen molar-refractivity contribution in [3.8, 4) is 11.5 Å². The molecule has 1 atom stereocenters. The zero-order chi connectivity index (χ0) is 22.8. The van der Waals surface area contributed by atoms with E-state index in [-0.39, 0.29) is 24.3 Å². The van der Waals surface area contributed by atoms with Gasteiger partial charge in [-0.05, 0) is 74.4 Å². The van der Waals surface area contributed by atoms with Crippen LogP contribution in [-0.2, 0) is 9.59 Å². The molecule has 2 fully saturated rings. The summed E-state index contributed by atoms with van der Waals surface area (Å²) in [4.78, 5) is 29.5. The molecule has 2 aromatic rings. The van der Waals surface area contributed by atoms with Crippen molar-refractivity contribution in [1.29, 1.82) is 0 Å². The SMILES string of the molecule is CCOc1ccc(NC(=O)C[C@@H]2C(=O)N(c3ccc(OC)c(Cl)c3)C(=S)N2C2CC2)cc1. The second-order valence-corrected chi connectivity index (χ2v) is 8.41. The van der Waals surface area contributed by atoms with Crippen LogP contribution in [-0.4, -0.2) is 47.6 Å². The van der Waals surface area contributed by atoms with E-state index in [9.17, 15) is 9.59 Å². The average molecular weight is 474 g/mol. The van der Waals surface area contributed by atoms with Crippen molar-refractivity contribution < 1.29 is 19.1 Å². The number of hydrogen-bond acceptors (Lipinski definition) is 5. The van der Waals surface area contributed by atoms with Crippen LogP contribution in [0.2, 0.25) is 5.02 Å². The minimum atomic E-state index is -0.654. The van der Waals surface area contributed by atoms with Crippen LogP contribution >= 0.6 is 23.8 Å². The van der Waals surface area contributed by atoms with E-state index in [2.05, 4.69) is 5.32 Å². The number of halogens is 1. The molecule has 32 heavy (non-hydrogen) atoms. The smallest absolute Gasteiger partial charge is 0.256 e. The van der Waals surface area contributed by atoms with E-state index in [4.69, 9.17) is 33.3 Å². The fraction of sp³-hybridized carbons (Fsp3) is 0.348. The molecule has 0 bridgehead atoms. The lowest BCUT2D eigenvalue weighted by atomic mass is 10.1. The van der Waals surface area contributed by atoms with Crippen LogP contribution in [0.5, 0.6) is 11.5 Å². The van der Waals surface area contributed by atoms with Crippen LogP contribution in [0, 0.1) is 0 Å². The minimum Gasteiger partial charge on any atom is -0.495 e. The highest BCUT2D eigenvalue weighted by Crippen LogP contribution is 2.38. The molecule has 2 amide bonds. The highest BCUT2D eigenvalue weighted by atomic mass is 35.5. The molecule has 1 N–H and O–H groups in total. The Kier molecular flexibility index (Phi) is 6.53. The summed E-state index contributed by atoms with van der Waals surface area (Å²) >= 11 is 11.9. The van der Waals surface area contributed by atoms with E-state index in [1.807, 2.05) is 11.8 Å². The van der Waals surface area contributed by atoms with Gasteiger partial charge in [-0.25, -0.2) is 0 Å². The molecule has 168 valence electrons. The summed E-state index contributed by atoms with van der Waals surface area (Å²) in [6.45, 7) is 2.48. The van der Waals surface area contributed by atoms with E-state index >= 15 is 0 Å². The van der Waals surface area contributed by atoms with Crippen molar-refractivity contribution in [2.75, 3.05) is 23.9 Å². The molecular formula is C23H24ClN3O4S. The van der Waals surface area contributed by atoms with Gasteiger partial charge in [0.05, 0.1) is 30.8 Å². The summed E-state index contributed by atoms with van der Waals surface area (Å²) in [5.41, 5.74) is 1.20. The molecule has 0 radical (unpaired) electrons. The number of carbonyl (C=O) groups excluding carboxylic acids is 2. The van der Waals surface area contributed by atoms with Crippen molar-refractivity contribution in [3.63, 3.8) is 0 Å². The van der Waals surface area contributed by atoms with Crippen molar-refractivity contribution in [1.82, 2.24) is 4.90 Å². The fourth-order valence-corrected chi connectivity index (χ4v) is 4.50. The summed E-state index contributed by atoms with van der Waals surface area (Å²) < 4.78 is 10.6. The Balaban J connectivity index is 1.51. The number of methoxy groups -OCH3 is 1. The van der Waals surface area contributed by atoms with E-state index in [0.717, 1.165) is 18.6 Å². The van der Waals surface area contributed by atoms with E-state index < -0.39 is 6.04 Å². The zero-order valence-electron chi connectivity index (χ0n) is 17.8. The number of hydrogen-bond donors (Lipinski definition) is 1. The largest absolute Gasteiger partial charge is 0.495 e. The van der Waals surface area contributed by atoms with Crippen LogP contribution in [0.15, 0.2) is 42.5 Å². The molecule has 2 aromatic carbocycles. The van der Waals surface area contributed by atoms with Gasteiger partial charge in [-0.3, -0.25) is 14.5 Å². The summed E-state index contributed by atoms with van der Waals surface area (Å²) in [6, 6.07) is 11.7. The third-order valence-electron chi connectivity index (χ3n) is 5.42. The molecule has 1 saturated heterocycles. The predicted octanol–water partition coefficient (Wildman–Crippen LogP) is 4.24. The van der Waals surface area contributed by atoms with Crippen LogP contribution in [0.1, 0.15) is 26.2 Å². The lowest BCUT2D eigenvalue weighted by Gasteiger charge is -2.23. The highest BCUT2D eigenvalue weighted by Gasteiger charge is 2.49. The highest BCUT2D eigenvalue weighted by molar-refractivity contribution is 7.80. The van der Waals surface area contributed by atoms with Crippen molar-refractivity contribution in [2.45, 2.75) is 38.3 Å². The van der Waals surface area contributed by atoms with Gasteiger partial charge in [-0.2, -0.15) is 0 Å². The number of nitrogens with zero attached hydrogens (tertiary/aromatic N) is 2. The van der Waals surface area contributed by atoms with E-state index in [1.54, 1.807) is 42.5 Å². The van der Waals surface area contributed by atoms with E-state index in [0.29, 0.717) is 33.9 Å². The lowest BCUT2D eigenvalue weighted by Crippen LogP contribution is -2.39. The van der Waals surface area contributed by atoms with Gasteiger partial charge in [0.1, 0.15) is 17.5 Å². The van der Waals surface area contributed by atoms with Gasteiger partial charge in [0, 0.05) is 11.7 Å². The first-order valence-electron chi connectivity index (χ1n) is 10.5. The molecule has 0 unspecified atom stereocenters. The predicted molar refractivity (Wildman–Crippen MR) is 128 cm³/mol. The molecule has 7 nitrogen and oxygen atoms in total. The number of benzene rings is 2. The maximum absolute atomic E-state index is 13.4. The van der Waals surface area contributed by atoms with E-state index in [1.165, 1.54) is 12.0 Å². The Morgan fingerprint density at radius 2 is 1.94 bits per heavy atom. The summed E-state index contributed by atoms with van der Waals surface area (Å²) in [6.07, 6.45) is 1.90. The molecule has 1 aliphatic carbocycles. The first kappa shape index (κ1) is 22.4. The Morgan fingerprint density at radius 3 is 2.53 bits per heavy atom. The monoisotopic (exact) mass is 473 g/mol. The number of ether oxygens (including phenoxy) is 2. The van der Waals surface area contributed by atoms with Crippen molar-refractivity contribution >= 4 is 52.1 Å². The third kappa shape index (κ3) is 4.52. The summed E-state index contributed by atoms with van der Waals surface area (Å²) in [5, 5.41) is 3.64. The molecule has 0 aromatic heterocycles. The number of thiocarbonyl (C=S) groups is 1. The van der Waals surface area contributed by atoms with Gasteiger partial charge in [0.2, 0.25) is 5.91 Å². The number of anilines is 2. The third-order valence-corrected chi connectivity index (χ3v) is 6.10. The Bertz CT molecular complexity index is 1040. The lowest BCUT2D eigenvalue weighted by molar-refractivity contribution is -0.124. The quantitative estimate of drug-likeness (QED) is 0.578. The second-order valence-electron chi connectivity index (χ2n) is 7.64. The van der Waals surface area contributed by atoms with Gasteiger partial charge < -0.3 is 19.7 Å². The molecule has 1 aliphatic heterocycles. The Hall–Kier alpha value is -2.84. The molecule has 4 rings (SSSR count). The molecule has 1 heterocycles. The van der Waals surface area contributed by atoms with Crippen molar-refractivity contribution in [2.24, 2.45) is 0 Å². The standard InChI is InChI=1S/C23H24ClN3O4S/c1-3-31-17-9-4-14(5-10-17)25-21(28)13-19-22(29)27(23(32)26(19)15-6-7-15)16-8-11-20(30-2)18(24)12-16/h4-5,8-12,15,19H,3,6-7,13H2,1-2H3,(H,25,28)/t19-/m1/s1. The Labute approximate surface area is 197 Å². The molecule has 9 heteroatoms. The molecule has 0 spiro atoms. The van der Waals surface area contributed by atoms with Crippen LogP contribution in [0.25, 0.3) is 0 Å². The number of nitrogens with one attached hydrogen (secondary N) is 1. The first-order valence-corrected chi connectivity index (χ1v) is 11.2. The zero-order valence-corrected chi connectivity index (χ0v) is 19.4. The number of rotatable bonds is 8. The topological polar surface area (TPSA) is 71.1 Å². The summed E-state index contributed by atoms with van der Waals surface area (Å²) in [5.74, 6) is 0.759. The van der Waals surface area contributed by atoms with Crippen LogP contribution in [0.4, 0.5) is 11.4 Å².